The third-order valence-corrected chi connectivity index (χ3v) is 4.00. The molecule has 4 nitrogen and oxygen atoms in total. The Balaban J connectivity index is 2.59. The van der Waals surface area contributed by atoms with Gasteiger partial charge in [0.2, 0.25) is 0 Å². The van der Waals surface area contributed by atoms with Gasteiger partial charge >= 0.3 is 0 Å². The number of aryl methyl sites for hydroxylation is 1. The van der Waals surface area contributed by atoms with Crippen molar-refractivity contribution in [2.45, 2.75) is 39.8 Å². The van der Waals surface area contributed by atoms with Gasteiger partial charge in [-0.15, -0.1) is 0 Å². The van der Waals surface area contributed by atoms with Gasteiger partial charge in [-0.2, -0.15) is 5.26 Å². The Labute approximate surface area is 127 Å². The molecule has 114 valence electrons. The van der Waals surface area contributed by atoms with Crippen molar-refractivity contribution in [3.63, 3.8) is 0 Å². The van der Waals surface area contributed by atoms with Crippen molar-refractivity contribution in [3.8, 4) is 6.07 Å². The normalized spacial score (nSPS) is 15.1. The Morgan fingerprint density at radius 1 is 1.43 bits per heavy atom. The first kappa shape index (κ1) is 17.2. The molecule has 0 heterocycles. The minimum absolute atomic E-state index is 0.0723. The van der Waals surface area contributed by atoms with E-state index in [2.05, 4.69) is 30.4 Å². The van der Waals surface area contributed by atoms with Crippen LogP contribution >= 0.6 is 0 Å². The topological polar surface area (TPSA) is 57.3 Å². The van der Waals surface area contributed by atoms with Crippen molar-refractivity contribution in [2.24, 2.45) is 5.92 Å². The molecule has 0 radical (unpaired) electrons. The maximum Gasteiger partial charge on any atom is 0.276 e. The number of hydrogen-bond donors (Lipinski definition) is 2. The summed E-state index contributed by atoms with van der Waals surface area (Å²) in [6.07, 6.45) is 0. The first-order valence-corrected chi connectivity index (χ1v) is 7.36. The highest BCUT2D eigenvalue weighted by atomic mass is 16.2. The predicted molar refractivity (Wildman–Crippen MR) is 83.6 cm³/mol. The molecule has 0 bridgehead atoms. The van der Waals surface area contributed by atoms with Crippen molar-refractivity contribution in [2.75, 3.05) is 13.6 Å². The monoisotopic (exact) mass is 288 g/mol. The number of nitrogens with one attached hydrogen (secondary N) is 2. The molecule has 0 aliphatic heterocycles. The van der Waals surface area contributed by atoms with Crippen LogP contribution in [0.15, 0.2) is 24.3 Å². The SMILES string of the molecule is Cc1ccccc1C[NH+](C)CC(=O)N[C@](C)(C#N)C(C)C. The second-order valence-electron chi connectivity index (χ2n) is 6.25. The zero-order valence-electron chi connectivity index (χ0n) is 13.7. The number of likely N-dealkylation sites (N-methyl/N-ethyl adjacent to an activating group) is 1. The summed E-state index contributed by atoms with van der Waals surface area (Å²) in [5.74, 6) is -0.0121. The Kier molecular flexibility index (Phi) is 5.92. The van der Waals surface area contributed by atoms with Crippen LogP contribution in [0.2, 0.25) is 0 Å². The third-order valence-electron chi connectivity index (χ3n) is 4.00. The molecule has 0 aromatic heterocycles. The van der Waals surface area contributed by atoms with Crippen LogP contribution in [-0.4, -0.2) is 25.0 Å². The van der Waals surface area contributed by atoms with Gasteiger partial charge in [0.1, 0.15) is 12.1 Å². The number of carbonyl (C=O) groups is 1. The van der Waals surface area contributed by atoms with E-state index in [0.717, 1.165) is 11.4 Å². The number of rotatable bonds is 6. The maximum atomic E-state index is 12.1. The number of benzene rings is 1. The molecule has 1 rings (SSSR count). The molecule has 1 unspecified atom stereocenters. The number of carbonyl (C=O) groups excluding carboxylic acids is 1. The number of nitriles is 1. The number of quaternary nitrogens is 1. The van der Waals surface area contributed by atoms with E-state index < -0.39 is 5.54 Å². The van der Waals surface area contributed by atoms with E-state index in [1.807, 2.05) is 33.0 Å². The average molecular weight is 288 g/mol. The van der Waals surface area contributed by atoms with E-state index in [9.17, 15) is 10.1 Å². The summed E-state index contributed by atoms with van der Waals surface area (Å²) in [6.45, 7) is 8.88. The van der Waals surface area contributed by atoms with Crippen LogP contribution < -0.4 is 10.2 Å². The standard InChI is InChI=1S/C17H25N3O/c1-13(2)17(4,12-18)19-16(21)11-20(5)10-15-9-7-6-8-14(15)3/h6-9,13H,10-11H2,1-5H3,(H,19,21)/p+1/t17-/m1/s1. The predicted octanol–water partition coefficient (Wildman–Crippen LogP) is 1.06. The molecule has 0 fully saturated rings. The van der Waals surface area contributed by atoms with Gasteiger partial charge in [0, 0.05) is 5.56 Å². The smallest absolute Gasteiger partial charge is 0.276 e. The second-order valence-corrected chi connectivity index (χ2v) is 6.25. The van der Waals surface area contributed by atoms with Gasteiger partial charge in [-0.25, -0.2) is 0 Å². The zero-order valence-corrected chi connectivity index (χ0v) is 13.7. The van der Waals surface area contributed by atoms with E-state index in [4.69, 9.17) is 0 Å². The van der Waals surface area contributed by atoms with Gasteiger partial charge < -0.3 is 10.2 Å². The van der Waals surface area contributed by atoms with E-state index in [0.29, 0.717) is 6.54 Å². The molecule has 0 saturated carbocycles. The van der Waals surface area contributed by atoms with E-state index in [1.165, 1.54) is 11.1 Å². The highest BCUT2D eigenvalue weighted by Crippen LogP contribution is 2.14. The average Bonchev–Trinajstić information content (AvgIpc) is 2.40. The van der Waals surface area contributed by atoms with Crippen LogP contribution in [-0.2, 0) is 11.3 Å². The molecule has 1 amide bonds. The summed E-state index contributed by atoms with van der Waals surface area (Å²) >= 11 is 0. The number of amides is 1. The lowest BCUT2D eigenvalue weighted by Crippen LogP contribution is -3.09. The lowest BCUT2D eigenvalue weighted by molar-refractivity contribution is -0.885. The van der Waals surface area contributed by atoms with Gasteiger partial charge in [0.05, 0.1) is 13.1 Å². The summed E-state index contributed by atoms with van der Waals surface area (Å²) in [5.41, 5.74) is 1.68. The van der Waals surface area contributed by atoms with Crippen LogP contribution in [0.1, 0.15) is 31.9 Å². The Morgan fingerprint density at radius 3 is 2.57 bits per heavy atom. The molecule has 4 heteroatoms. The minimum Gasteiger partial charge on any atom is -0.333 e. The highest BCUT2D eigenvalue weighted by Gasteiger charge is 2.30. The van der Waals surface area contributed by atoms with Crippen LogP contribution in [0.4, 0.5) is 0 Å². The summed E-state index contributed by atoms with van der Waals surface area (Å²) in [5, 5.41) is 12.1. The fraction of sp³-hybridized carbons (Fsp3) is 0.529. The fourth-order valence-electron chi connectivity index (χ4n) is 2.11. The highest BCUT2D eigenvalue weighted by molar-refractivity contribution is 5.78. The Hall–Kier alpha value is -1.86. The van der Waals surface area contributed by atoms with Crippen molar-refractivity contribution in [1.29, 1.82) is 5.26 Å². The van der Waals surface area contributed by atoms with Gasteiger partial charge in [-0.1, -0.05) is 38.1 Å². The molecule has 21 heavy (non-hydrogen) atoms. The van der Waals surface area contributed by atoms with Crippen LogP contribution in [0, 0.1) is 24.2 Å². The summed E-state index contributed by atoms with van der Waals surface area (Å²) in [4.78, 5) is 13.2. The zero-order chi connectivity index (χ0) is 16.0. The van der Waals surface area contributed by atoms with Crippen LogP contribution in [0.5, 0.6) is 0 Å². The lowest BCUT2D eigenvalue weighted by atomic mass is 9.90. The Morgan fingerprint density at radius 2 is 2.05 bits per heavy atom. The summed E-state index contributed by atoms with van der Waals surface area (Å²) < 4.78 is 0. The second kappa shape index (κ2) is 7.24. The first-order valence-electron chi connectivity index (χ1n) is 7.36. The van der Waals surface area contributed by atoms with Gasteiger partial charge in [0.25, 0.3) is 5.91 Å². The summed E-state index contributed by atoms with van der Waals surface area (Å²) in [6, 6.07) is 10.4. The molecule has 2 atom stereocenters. The molecular formula is C17H26N3O+. The van der Waals surface area contributed by atoms with Gasteiger partial charge in [-0.05, 0) is 25.3 Å². The minimum atomic E-state index is -0.806. The summed E-state index contributed by atoms with van der Waals surface area (Å²) in [7, 11) is 1.99. The lowest BCUT2D eigenvalue weighted by Gasteiger charge is -2.27. The number of hydrogen-bond acceptors (Lipinski definition) is 2. The number of nitrogens with zero attached hydrogens (tertiary/aromatic N) is 1. The molecular weight excluding hydrogens is 262 g/mol. The molecule has 0 saturated heterocycles. The van der Waals surface area contributed by atoms with Gasteiger partial charge in [0.15, 0.2) is 6.54 Å². The largest absolute Gasteiger partial charge is 0.333 e. The molecule has 0 aliphatic rings. The van der Waals surface area contributed by atoms with Crippen molar-refractivity contribution < 1.29 is 9.69 Å². The van der Waals surface area contributed by atoms with E-state index in [1.54, 1.807) is 6.92 Å². The molecule has 1 aromatic carbocycles. The van der Waals surface area contributed by atoms with Crippen LogP contribution in [0.3, 0.4) is 0 Å². The van der Waals surface area contributed by atoms with Crippen molar-refractivity contribution >= 4 is 5.91 Å². The molecule has 2 N–H and O–H groups in total. The quantitative estimate of drug-likeness (QED) is 0.822. The fourth-order valence-corrected chi connectivity index (χ4v) is 2.11. The first-order chi connectivity index (χ1) is 9.78. The maximum absolute atomic E-state index is 12.1. The van der Waals surface area contributed by atoms with Crippen LogP contribution in [0.25, 0.3) is 0 Å². The molecule has 1 aromatic rings. The van der Waals surface area contributed by atoms with Crippen molar-refractivity contribution in [1.82, 2.24) is 5.32 Å². The Bertz CT molecular complexity index is 533. The molecule has 0 aliphatic carbocycles. The van der Waals surface area contributed by atoms with Gasteiger partial charge in [-0.3, -0.25) is 4.79 Å². The van der Waals surface area contributed by atoms with E-state index in [-0.39, 0.29) is 11.8 Å². The van der Waals surface area contributed by atoms with E-state index >= 15 is 0 Å². The van der Waals surface area contributed by atoms with Crippen molar-refractivity contribution in [3.05, 3.63) is 35.4 Å². The molecule has 0 spiro atoms. The third kappa shape index (κ3) is 4.87.